The minimum absolute atomic E-state index is 0.144. The van der Waals surface area contributed by atoms with Gasteiger partial charge in [0.25, 0.3) is 0 Å². The number of aromatic nitrogens is 2. The van der Waals surface area contributed by atoms with Crippen LogP contribution in [0, 0.1) is 5.92 Å². The topological polar surface area (TPSA) is 108 Å². The van der Waals surface area contributed by atoms with Gasteiger partial charge in [-0.05, 0) is 63.8 Å². The van der Waals surface area contributed by atoms with Crippen LogP contribution in [0.25, 0.3) is 11.3 Å². The van der Waals surface area contributed by atoms with Crippen molar-refractivity contribution in [1.29, 1.82) is 0 Å². The molecule has 10 nitrogen and oxygen atoms in total. The lowest BCUT2D eigenvalue weighted by Gasteiger charge is -2.33. The van der Waals surface area contributed by atoms with Crippen molar-refractivity contribution < 1.29 is 14.3 Å². The van der Waals surface area contributed by atoms with Crippen molar-refractivity contribution in [1.82, 2.24) is 24.7 Å². The van der Waals surface area contributed by atoms with E-state index in [4.69, 9.17) is 10.5 Å². The zero-order valence-electron chi connectivity index (χ0n) is 23.7. The molecule has 1 aromatic heterocycles. The molecule has 1 aromatic carbocycles. The minimum Gasteiger partial charge on any atom is -0.444 e. The Labute approximate surface area is 231 Å². The molecule has 0 saturated carbocycles. The van der Waals surface area contributed by atoms with Gasteiger partial charge >= 0.3 is 6.09 Å². The van der Waals surface area contributed by atoms with Crippen molar-refractivity contribution in [3.05, 3.63) is 35.4 Å². The Morgan fingerprint density at radius 3 is 2.51 bits per heavy atom. The van der Waals surface area contributed by atoms with Crippen molar-refractivity contribution in [3.8, 4) is 11.3 Å². The highest BCUT2D eigenvalue weighted by atomic mass is 16.6. The largest absolute Gasteiger partial charge is 0.444 e. The number of nitrogens with zero attached hydrogens (tertiary/aromatic N) is 6. The van der Waals surface area contributed by atoms with Gasteiger partial charge in [-0.1, -0.05) is 12.1 Å². The molecule has 0 radical (unpaired) electrons. The average Bonchev–Trinajstić information content (AvgIpc) is 3.36. The summed E-state index contributed by atoms with van der Waals surface area (Å²) in [4.78, 5) is 42.9. The Bertz CT molecular complexity index is 1220. The highest BCUT2D eigenvalue weighted by molar-refractivity contribution is 5.77. The lowest BCUT2D eigenvalue weighted by Crippen LogP contribution is -2.44. The number of benzene rings is 1. The minimum atomic E-state index is -0.519. The van der Waals surface area contributed by atoms with Crippen LogP contribution in [0.15, 0.2) is 24.3 Å². The molecule has 5 rings (SSSR count). The van der Waals surface area contributed by atoms with Crippen molar-refractivity contribution in [2.75, 3.05) is 63.5 Å². The molecule has 1 atom stereocenters. The van der Waals surface area contributed by atoms with E-state index in [1.54, 1.807) is 4.90 Å². The number of ether oxygens (including phenoxy) is 1. The first-order chi connectivity index (χ1) is 18.5. The van der Waals surface area contributed by atoms with E-state index in [-0.39, 0.29) is 23.9 Å². The second kappa shape index (κ2) is 11.0. The summed E-state index contributed by atoms with van der Waals surface area (Å²) in [6.07, 6.45) is 1.81. The molecule has 0 aliphatic carbocycles. The molecule has 2 amide bonds. The van der Waals surface area contributed by atoms with E-state index < -0.39 is 5.60 Å². The van der Waals surface area contributed by atoms with E-state index >= 15 is 0 Å². The molecule has 1 unspecified atom stereocenters. The Hall–Kier alpha value is -3.40. The van der Waals surface area contributed by atoms with Crippen LogP contribution in [0.2, 0.25) is 0 Å². The number of carbonyl (C=O) groups excluding carboxylic acids is 2. The van der Waals surface area contributed by atoms with Crippen LogP contribution in [0.4, 0.5) is 16.6 Å². The lowest BCUT2D eigenvalue weighted by molar-refractivity contribution is -0.133. The molecule has 0 bridgehead atoms. The van der Waals surface area contributed by atoms with Gasteiger partial charge in [-0.3, -0.25) is 4.79 Å². The summed E-state index contributed by atoms with van der Waals surface area (Å²) >= 11 is 0. The maximum absolute atomic E-state index is 13.3. The Morgan fingerprint density at radius 1 is 1.00 bits per heavy atom. The number of fused-ring (bicyclic) bond motifs is 1. The van der Waals surface area contributed by atoms with Crippen molar-refractivity contribution in [2.45, 2.75) is 52.2 Å². The number of rotatable bonds is 4. The van der Waals surface area contributed by atoms with Crippen LogP contribution in [0.1, 0.15) is 44.7 Å². The van der Waals surface area contributed by atoms with Crippen LogP contribution in [-0.4, -0.2) is 95.1 Å². The quantitative estimate of drug-likeness (QED) is 0.637. The number of hydrogen-bond acceptors (Lipinski definition) is 8. The van der Waals surface area contributed by atoms with Gasteiger partial charge in [0.2, 0.25) is 11.9 Å². The van der Waals surface area contributed by atoms with E-state index in [0.717, 1.165) is 61.7 Å². The first kappa shape index (κ1) is 27.2. The molecule has 210 valence electrons. The fraction of sp³-hybridized carbons (Fsp3) is 0.586. The van der Waals surface area contributed by atoms with Crippen molar-refractivity contribution >= 4 is 23.8 Å². The fourth-order valence-corrected chi connectivity index (χ4v) is 5.59. The smallest absolute Gasteiger partial charge is 0.410 e. The van der Waals surface area contributed by atoms with Gasteiger partial charge in [0, 0.05) is 70.4 Å². The summed E-state index contributed by atoms with van der Waals surface area (Å²) < 4.78 is 5.50. The molecule has 4 heterocycles. The van der Waals surface area contributed by atoms with E-state index in [2.05, 4.69) is 45.0 Å². The highest BCUT2D eigenvalue weighted by Crippen LogP contribution is 2.29. The summed E-state index contributed by atoms with van der Waals surface area (Å²) in [6.45, 7) is 11.9. The Kier molecular flexibility index (Phi) is 7.66. The maximum Gasteiger partial charge on any atom is 0.410 e. The first-order valence-electron chi connectivity index (χ1n) is 14.0. The number of piperazine rings is 1. The molecule has 2 fully saturated rings. The monoisotopic (exact) mass is 535 g/mol. The second-order valence-corrected chi connectivity index (χ2v) is 12.1. The molecular weight excluding hydrogens is 494 g/mol. The Morgan fingerprint density at radius 2 is 1.77 bits per heavy atom. The van der Waals surface area contributed by atoms with Gasteiger partial charge in [-0.25, -0.2) is 9.78 Å². The lowest BCUT2D eigenvalue weighted by atomic mass is 9.95. The molecule has 2 saturated heterocycles. The highest BCUT2D eigenvalue weighted by Gasteiger charge is 2.32. The molecule has 3 aliphatic heterocycles. The molecule has 39 heavy (non-hydrogen) atoms. The van der Waals surface area contributed by atoms with Gasteiger partial charge < -0.3 is 30.1 Å². The van der Waals surface area contributed by atoms with Gasteiger partial charge in [-0.2, -0.15) is 4.98 Å². The third-order valence-electron chi connectivity index (χ3n) is 7.83. The van der Waals surface area contributed by atoms with Crippen LogP contribution >= 0.6 is 0 Å². The maximum atomic E-state index is 13.3. The number of carbonyl (C=O) groups is 2. The van der Waals surface area contributed by atoms with E-state index in [1.165, 1.54) is 5.56 Å². The SMILES string of the molecule is CN1CCN(c2cc(-c3ccc4c(c3)CN(C(=O)CC3CCN(C(=O)OC(C)(C)C)C3)CC4)nc(N)n2)CC1. The number of amides is 2. The van der Waals surface area contributed by atoms with Crippen molar-refractivity contribution in [2.24, 2.45) is 5.92 Å². The van der Waals surface area contributed by atoms with Crippen LogP contribution < -0.4 is 10.6 Å². The third-order valence-corrected chi connectivity index (χ3v) is 7.83. The summed E-state index contributed by atoms with van der Waals surface area (Å²) in [5.74, 6) is 1.44. The number of likely N-dealkylation sites (N-methyl/N-ethyl adjacent to an activating group) is 1. The van der Waals surface area contributed by atoms with E-state index in [1.807, 2.05) is 31.7 Å². The normalized spacial score (nSPS) is 20.2. The Balaban J connectivity index is 1.23. The molecule has 2 N–H and O–H groups in total. The summed E-state index contributed by atoms with van der Waals surface area (Å²) in [6, 6.07) is 8.40. The van der Waals surface area contributed by atoms with Crippen molar-refractivity contribution in [3.63, 3.8) is 0 Å². The van der Waals surface area contributed by atoms with Crippen LogP contribution in [0.5, 0.6) is 0 Å². The number of hydrogen-bond donors (Lipinski definition) is 1. The third kappa shape index (κ3) is 6.61. The molecule has 3 aliphatic rings. The fourth-order valence-electron chi connectivity index (χ4n) is 5.59. The standard InChI is InChI=1S/C29H41N7O3/c1-29(2,3)39-28(38)36-9-7-20(18-36)15-26(37)35-10-8-21-5-6-22(16-23(21)19-35)24-17-25(32-27(30)31-24)34-13-11-33(4)12-14-34/h5-6,16-17,20H,7-15,18-19H2,1-4H3,(H2,30,31,32). The molecular formula is C29H41N7O3. The second-order valence-electron chi connectivity index (χ2n) is 12.1. The van der Waals surface area contributed by atoms with Gasteiger partial charge in [0.05, 0.1) is 5.69 Å². The molecule has 10 heteroatoms. The molecule has 2 aromatic rings. The summed E-state index contributed by atoms with van der Waals surface area (Å²) in [7, 11) is 2.13. The number of nitrogen functional groups attached to an aromatic ring is 1. The van der Waals surface area contributed by atoms with Crippen LogP contribution in [-0.2, 0) is 22.5 Å². The number of likely N-dealkylation sites (tertiary alicyclic amines) is 1. The van der Waals surface area contributed by atoms with Gasteiger partial charge in [0.15, 0.2) is 0 Å². The van der Waals surface area contributed by atoms with E-state index in [0.29, 0.717) is 32.6 Å². The summed E-state index contributed by atoms with van der Waals surface area (Å²) in [5, 5.41) is 0. The predicted molar refractivity (Wildman–Crippen MR) is 151 cm³/mol. The molecule has 0 spiro atoms. The number of anilines is 2. The van der Waals surface area contributed by atoms with Crippen LogP contribution in [0.3, 0.4) is 0 Å². The zero-order valence-corrected chi connectivity index (χ0v) is 23.7. The van der Waals surface area contributed by atoms with Gasteiger partial charge in [-0.15, -0.1) is 0 Å². The average molecular weight is 536 g/mol. The van der Waals surface area contributed by atoms with E-state index in [9.17, 15) is 9.59 Å². The zero-order chi connectivity index (χ0) is 27.7. The summed E-state index contributed by atoms with van der Waals surface area (Å²) in [5.41, 5.74) is 9.80. The van der Waals surface area contributed by atoms with Gasteiger partial charge in [0.1, 0.15) is 11.4 Å². The number of nitrogens with two attached hydrogens (primary N) is 1. The first-order valence-corrected chi connectivity index (χ1v) is 14.0. The predicted octanol–water partition coefficient (Wildman–Crippen LogP) is 3.01.